The van der Waals surface area contributed by atoms with Crippen LogP contribution in [0.25, 0.3) is 10.2 Å². The number of fused-ring (bicyclic) bond motifs is 1. The number of carbonyl (C=O) groups is 1. The molecular weight excluding hydrogens is 512 g/mol. The number of amides is 1. The Hall–Kier alpha value is -2.57. The first kappa shape index (κ1) is 27.5. The van der Waals surface area contributed by atoms with Gasteiger partial charge < -0.3 is 14.4 Å². The Morgan fingerprint density at radius 2 is 1.89 bits per heavy atom. The second kappa shape index (κ2) is 11.9. The first-order valence-electron chi connectivity index (χ1n) is 12.4. The number of thiazole rings is 1. The number of sulfonamides is 1. The summed E-state index contributed by atoms with van der Waals surface area (Å²) in [4.78, 5) is 22.2. The smallest absolute Gasteiger partial charge is 0.260 e. The molecule has 1 unspecified atom stereocenters. The highest BCUT2D eigenvalue weighted by molar-refractivity contribution is 7.89. The molecule has 1 amide bonds. The molecule has 37 heavy (non-hydrogen) atoms. The quantitative estimate of drug-likeness (QED) is 0.362. The van der Waals surface area contributed by atoms with Crippen LogP contribution < -0.4 is 9.64 Å². The summed E-state index contributed by atoms with van der Waals surface area (Å²) >= 11 is 1.43. The van der Waals surface area contributed by atoms with Crippen LogP contribution in [0.3, 0.4) is 0 Å². The number of anilines is 1. The van der Waals surface area contributed by atoms with Gasteiger partial charge >= 0.3 is 0 Å². The Balaban J connectivity index is 1.58. The first-order valence-corrected chi connectivity index (χ1v) is 14.6. The third-order valence-electron chi connectivity index (χ3n) is 6.21. The Kier molecular flexibility index (Phi) is 8.81. The van der Waals surface area contributed by atoms with Gasteiger partial charge in [0.2, 0.25) is 10.0 Å². The van der Waals surface area contributed by atoms with Crippen molar-refractivity contribution in [3.8, 4) is 5.75 Å². The molecular formula is C26H34N4O5S2. The van der Waals surface area contributed by atoms with Gasteiger partial charge in [0.1, 0.15) is 11.3 Å². The van der Waals surface area contributed by atoms with Gasteiger partial charge in [0.15, 0.2) is 5.13 Å². The minimum Gasteiger partial charge on any atom is -0.492 e. The molecule has 1 fully saturated rings. The van der Waals surface area contributed by atoms with Crippen LogP contribution in [-0.4, -0.2) is 88.6 Å². The monoisotopic (exact) mass is 546 g/mol. The maximum Gasteiger partial charge on any atom is 0.260 e. The lowest BCUT2D eigenvalue weighted by Gasteiger charge is -2.23. The van der Waals surface area contributed by atoms with E-state index in [9.17, 15) is 13.2 Å². The zero-order valence-electron chi connectivity index (χ0n) is 21.7. The average Bonchev–Trinajstić information content (AvgIpc) is 3.54. The van der Waals surface area contributed by atoms with Gasteiger partial charge in [-0.2, -0.15) is 4.31 Å². The van der Waals surface area contributed by atoms with Crippen molar-refractivity contribution >= 4 is 42.6 Å². The maximum absolute atomic E-state index is 13.6. The van der Waals surface area contributed by atoms with Crippen LogP contribution in [0.2, 0.25) is 0 Å². The lowest BCUT2D eigenvalue weighted by Crippen LogP contribution is -2.37. The Labute approximate surface area is 222 Å². The molecule has 0 aliphatic carbocycles. The number of carbonyl (C=O) groups excluding carboxylic acids is 1. The predicted molar refractivity (Wildman–Crippen MR) is 146 cm³/mol. The fourth-order valence-electron chi connectivity index (χ4n) is 4.16. The number of hydrogen-bond donors (Lipinski definition) is 0. The molecule has 4 rings (SSSR count). The van der Waals surface area contributed by atoms with Crippen molar-refractivity contribution in [2.24, 2.45) is 0 Å². The van der Waals surface area contributed by atoms with Gasteiger partial charge in [0.25, 0.3) is 5.91 Å². The number of rotatable bonds is 11. The van der Waals surface area contributed by atoms with E-state index in [0.717, 1.165) is 23.1 Å². The van der Waals surface area contributed by atoms with E-state index in [1.807, 2.05) is 44.1 Å². The standard InChI is InChI=1S/C26H34N4O5S2/c1-5-34-22-9-6-10-23-24(22)27-26(36-23)30(16-15-28(2)3)25(31)19-11-13-21(14-12-19)37(32,33)29(4)18-20-8-7-17-35-20/h6,9-14,20H,5,7-8,15-18H2,1-4H3. The molecule has 0 bridgehead atoms. The van der Waals surface area contributed by atoms with Crippen LogP contribution in [0.1, 0.15) is 30.1 Å². The minimum atomic E-state index is -3.69. The van der Waals surface area contributed by atoms with Crippen LogP contribution >= 0.6 is 11.3 Å². The fraction of sp³-hybridized carbons (Fsp3) is 0.462. The fourth-order valence-corrected chi connectivity index (χ4v) is 6.37. The number of para-hydroxylation sites is 1. The van der Waals surface area contributed by atoms with E-state index in [1.165, 1.54) is 27.8 Å². The van der Waals surface area contributed by atoms with Crippen LogP contribution in [0, 0.1) is 0 Å². The Morgan fingerprint density at radius 1 is 1.14 bits per heavy atom. The molecule has 3 aromatic rings. The van der Waals surface area contributed by atoms with Crippen LogP contribution in [0.15, 0.2) is 47.4 Å². The third kappa shape index (κ3) is 6.29. The lowest BCUT2D eigenvalue weighted by atomic mass is 10.2. The minimum absolute atomic E-state index is 0.0806. The van der Waals surface area contributed by atoms with E-state index < -0.39 is 10.0 Å². The molecule has 0 spiro atoms. The molecule has 200 valence electrons. The zero-order valence-corrected chi connectivity index (χ0v) is 23.3. The van der Waals surface area contributed by atoms with Gasteiger partial charge in [-0.05, 0) is 70.3 Å². The van der Waals surface area contributed by atoms with Gasteiger partial charge in [-0.25, -0.2) is 13.4 Å². The number of likely N-dealkylation sites (N-methyl/N-ethyl adjacent to an activating group) is 2. The summed E-state index contributed by atoms with van der Waals surface area (Å²) in [6.45, 7) is 4.49. The summed E-state index contributed by atoms with van der Waals surface area (Å²) in [6.07, 6.45) is 1.72. The van der Waals surface area contributed by atoms with Gasteiger partial charge in [-0.3, -0.25) is 9.69 Å². The highest BCUT2D eigenvalue weighted by atomic mass is 32.2. The molecule has 2 aromatic carbocycles. The van der Waals surface area contributed by atoms with E-state index in [2.05, 4.69) is 0 Å². The highest BCUT2D eigenvalue weighted by Crippen LogP contribution is 2.35. The number of ether oxygens (including phenoxy) is 2. The molecule has 1 aliphatic rings. The molecule has 0 radical (unpaired) electrons. The number of benzene rings is 2. The van der Waals surface area contributed by atoms with Gasteiger partial charge in [-0.15, -0.1) is 0 Å². The normalized spacial score (nSPS) is 16.1. The summed E-state index contributed by atoms with van der Waals surface area (Å²) < 4.78 is 39.7. The number of nitrogens with zero attached hydrogens (tertiary/aromatic N) is 4. The molecule has 0 saturated carbocycles. The number of aromatic nitrogens is 1. The van der Waals surface area contributed by atoms with Crippen molar-refractivity contribution in [2.45, 2.75) is 30.8 Å². The SMILES string of the molecule is CCOc1cccc2sc(N(CCN(C)C)C(=O)c3ccc(S(=O)(=O)N(C)CC4CCCO4)cc3)nc12. The van der Waals surface area contributed by atoms with E-state index >= 15 is 0 Å². The molecule has 1 aromatic heterocycles. The molecule has 2 heterocycles. The molecule has 1 aliphatic heterocycles. The van der Waals surface area contributed by atoms with Crippen molar-refractivity contribution < 1.29 is 22.7 Å². The van der Waals surface area contributed by atoms with E-state index in [1.54, 1.807) is 24.1 Å². The van der Waals surface area contributed by atoms with Crippen LogP contribution in [0.4, 0.5) is 5.13 Å². The Bertz CT molecular complexity index is 1320. The van der Waals surface area contributed by atoms with Crippen LogP contribution in [-0.2, 0) is 14.8 Å². The largest absolute Gasteiger partial charge is 0.492 e. The molecule has 1 atom stereocenters. The second-order valence-electron chi connectivity index (χ2n) is 9.24. The third-order valence-corrected chi connectivity index (χ3v) is 9.09. The molecule has 1 saturated heterocycles. The lowest BCUT2D eigenvalue weighted by molar-refractivity contribution is 0.0978. The summed E-state index contributed by atoms with van der Waals surface area (Å²) in [5.74, 6) is 0.444. The average molecular weight is 547 g/mol. The van der Waals surface area contributed by atoms with Crippen molar-refractivity contribution in [2.75, 3.05) is 58.9 Å². The van der Waals surface area contributed by atoms with E-state index in [0.29, 0.717) is 49.3 Å². The maximum atomic E-state index is 13.6. The highest BCUT2D eigenvalue weighted by Gasteiger charge is 2.27. The first-order chi connectivity index (χ1) is 17.7. The number of hydrogen-bond acceptors (Lipinski definition) is 8. The van der Waals surface area contributed by atoms with Crippen LogP contribution in [0.5, 0.6) is 5.75 Å². The van der Waals surface area contributed by atoms with Gasteiger partial charge in [-0.1, -0.05) is 17.4 Å². The summed E-state index contributed by atoms with van der Waals surface area (Å²) in [7, 11) is 1.76. The predicted octanol–water partition coefficient (Wildman–Crippen LogP) is 3.70. The second-order valence-corrected chi connectivity index (χ2v) is 12.3. The van der Waals surface area contributed by atoms with Crippen molar-refractivity contribution in [3.05, 3.63) is 48.0 Å². The van der Waals surface area contributed by atoms with Crippen molar-refractivity contribution in [3.63, 3.8) is 0 Å². The summed E-state index contributed by atoms with van der Waals surface area (Å²) in [6, 6.07) is 11.9. The zero-order chi connectivity index (χ0) is 26.6. The van der Waals surface area contributed by atoms with Crippen molar-refractivity contribution in [1.29, 1.82) is 0 Å². The summed E-state index contributed by atoms with van der Waals surface area (Å²) in [5, 5.41) is 0.571. The summed E-state index contributed by atoms with van der Waals surface area (Å²) in [5.41, 5.74) is 1.12. The van der Waals surface area contributed by atoms with Gasteiger partial charge in [0.05, 0.1) is 22.3 Å². The molecule has 11 heteroatoms. The van der Waals surface area contributed by atoms with Crippen molar-refractivity contribution in [1.82, 2.24) is 14.2 Å². The van der Waals surface area contributed by atoms with Gasteiger partial charge in [0, 0.05) is 38.9 Å². The molecule has 9 nitrogen and oxygen atoms in total. The van der Waals surface area contributed by atoms with E-state index in [4.69, 9.17) is 14.5 Å². The molecule has 0 N–H and O–H groups in total. The topological polar surface area (TPSA) is 92.3 Å². The van der Waals surface area contributed by atoms with E-state index in [-0.39, 0.29) is 16.9 Å². The Morgan fingerprint density at radius 3 is 2.54 bits per heavy atom.